The van der Waals surface area contributed by atoms with Crippen molar-refractivity contribution in [2.24, 2.45) is 0 Å². The van der Waals surface area contributed by atoms with E-state index in [-0.39, 0.29) is 75.7 Å². The van der Waals surface area contributed by atoms with Crippen LogP contribution in [0.2, 0.25) is 0 Å². The SMILES string of the molecule is C[C@@H]1CC(F)(F)CN1C(=O)[C@@H](C)NC(=O)c1ccnc(CNC(=O)CCC(=O)NC(CSC2CC(=O)N(c3ccc(-c4c5ccc(=O)cc-5oc5cc(O)ccc45)c(C(=O)O)c3)C2=O)C(=O)O)c1. The predicted molar refractivity (Wildman–Crippen MR) is 239 cm³/mol. The number of hydrogen-bond donors (Lipinski definition) is 6. The lowest BCUT2D eigenvalue weighted by Gasteiger charge is -2.25. The molecule has 3 aromatic rings. The highest BCUT2D eigenvalue weighted by Gasteiger charge is 2.46. The molecule has 4 heterocycles. The monoisotopic (exact) mass is 956 g/mol. The molecule has 6 N–H and O–H groups in total. The molecule has 7 rings (SSSR count). The number of carboxylic acid groups (broad SMARTS) is 2. The molecule has 2 aromatic carbocycles. The van der Waals surface area contributed by atoms with Gasteiger partial charge in [0.1, 0.15) is 29.2 Å². The van der Waals surface area contributed by atoms with Crippen LogP contribution in [0.3, 0.4) is 0 Å². The second-order valence-electron chi connectivity index (χ2n) is 16.3. The normalized spacial score (nSPS) is 17.5. The molecular formula is C46H42F2N6O13S. The minimum Gasteiger partial charge on any atom is -0.508 e. The minimum absolute atomic E-state index is 0.0720. The van der Waals surface area contributed by atoms with Crippen LogP contribution in [0.25, 0.3) is 33.4 Å². The van der Waals surface area contributed by atoms with E-state index in [1.54, 1.807) is 0 Å². The summed E-state index contributed by atoms with van der Waals surface area (Å²) in [6.45, 7) is 1.96. The van der Waals surface area contributed by atoms with Crippen LogP contribution in [0.4, 0.5) is 14.5 Å². The molecule has 0 spiro atoms. The van der Waals surface area contributed by atoms with Gasteiger partial charge in [-0.2, -0.15) is 0 Å². The lowest BCUT2D eigenvalue weighted by Crippen LogP contribution is -2.48. The van der Waals surface area contributed by atoms with Gasteiger partial charge in [-0.3, -0.25) is 38.5 Å². The van der Waals surface area contributed by atoms with Crippen LogP contribution in [-0.2, 0) is 35.3 Å². The number of carbonyl (C=O) groups excluding carboxylic acids is 6. The van der Waals surface area contributed by atoms with Gasteiger partial charge in [-0.15, -0.1) is 11.8 Å². The molecule has 2 saturated heterocycles. The summed E-state index contributed by atoms with van der Waals surface area (Å²) in [6, 6.07) is 11.4. The zero-order valence-corrected chi connectivity index (χ0v) is 36.9. The summed E-state index contributed by atoms with van der Waals surface area (Å²) < 4.78 is 33.5. The van der Waals surface area contributed by atoms with Crippen molar-refractivity contribution < 1.29 is 66.9 Å². The number of nitrogens with zero attached hydrogens (tertiary/aromatic N) is 3. The Morgan fingerprint density at radius 3 is 2.37 bits per heavy atom. The fourth-order valence-corrected chi connectivity index (χ4v) is 9.15. The number of hydrogen-bond acceptors (Lipinski definition) is 13. The van der Waals surface area contributed by atoms with E-state index < -0.39 is 96.1 Å². The summed E-state index contributed by atoms with van der Waals surface area (Å²) in [7, 11) is 0. The van der Waals surface area contributed by atoms with Crippen LogP contribution >= 0.6 is 11.8 Å². The molecule has 354 valence electrons. The molecule has 3 aliphatic heterocycles. The van der Waals surface area contributed by atoms with E-state index in [1.807, 2.05) is 0 Å². The summed E-state index contributed by atoms with van der Waals surface area (Å²) in [5, 5.41) is 37.0. The first kappa shape index (κ1) is 48.2. The smallest absolute Gasteiger partial charge is 0.336 e. The summed E-state index contributed by atoms with van der Waals surface area (Å²) >= 11 is 0.791. The van der Waals surface area contributed by atoms with Gasteiger partial charge in [0.15, 0.2) is 5.43 Å². The second kappa shape index (κ2) is 19.6. The van der Waals surface area contributed by atoms with Crippen molar-refractivity contribution in [2.45, 2.75) is 75.4 Å². The molecule has 4 aliphatic rings. The van der Waals surface area contributed by atoms with Crippen molar-refractivity contribution in [3.63, 3.8) is 0 Å². The molecule has 6 amide bonds. The van der Waals surface area contributed by atoms with Gasteiger partial charge in [0.2, 0.25) is 29.5 Å². The van der Waals surface area contributed by atoms with E-state index in [1.165, 1.54) is 80.7 Å². The van der Waals surface area contributed by atoms with Crippen molar-refractivity contribution in [3.8, 4) is 28.2 Å². The second-order valence-corrected chi connectivity index (χ2v) is 17.5. The number of rotatable bonds is 16. The molecule has 2 fully saturated rings. The predicted octanol–water partition coefficient (Wildman–Crippen LogP) is 3.77. The highest BCUT2D eigenvalue weighted by Crippen LogP contribution is 2.43. The number of anilines is 1. The lowest BCUT2D eigenvalue weighted by molar-refractivity contribution is -0.141. The molecule has 0 saturated carbocycles. The van der Waals surface area contributed by atoms with Gasteiger partial charge in [-0.25, -0.2) is 23.3 Å². The van der Waals surface area contributed by atoms with E-state index in [4.69, 9.17) is 4.42 Å². The number of nitrogens with one attached hydrogen (secondary N) is 3. The average molecular weight is 957 g/mol. The van der Waals surface area contributed by atoms with E-state index in [2.05, 4.69) is 20.9 Å². The van der Waals surface area contributed by atoms with Gasteiger partial charge < -0.3 is 40.6 Å². The first-order chi connectivity index (χ1) is 32.2. The number of pyridine rings is 1. The van der Waals surface area contributed by atoms with Gasteiger partial charge in [0.25, 0.3) is 11.8 Å². The van der Waals surface area contributed by atoms with E-state index in [0.29, 0.717) is 16.5 Å². The third kappa shape index (κ3) is 10.6. The minimum atomic E-state index is -3.02. The first-order valence-corrected chi connectivity index (χ1v) is 22.0. The summed E-state index contributed by atoms with van der Waals surface area (Å²) in [4.78, 5) is 121. The van der Waals surface area contributed by atoms with Crippen LogP contribution in [0.15, 0.2) is 82.1 Å². The number of aromatic carboxylic acids is 1. The Morgan fingerprint density at radius 2 is 1.66 bits per heavy atom. The maximum atomic E-state index is 13.8. The number of alkyl halides is 2. The number of likely N-dealkylation sites (tertiary alicyclic amines) is 1. The Labute approximate surface area is 388 Å². The molecule has 19 nitrogen and oxygen atoms in total. The first-order valence-electron chi connectivity index (χ1n) is 21.0. The van der Waals surface area contributed by atoms with Crippen molar-refractivity contribution in [1.82, 2.24) is 25.8 Å². The van der Waals surface area contributed by atoms with E-state index in [9.17, 15) is 67.3 Å². The highest BCUT2D eigenvalue weighted by atomic mass is 32.2. The number of phenolic OH excluding ortho intramolecular Hbond substituents is 1. The van der Waals surface area contributed by atoms with Crippen molar-refractivity contribution >= 4 is 75.8 Å². The number of aliphatic carboxylic acids is 1. The Morgan fingerprint density at radius 1 is 0.926 bits per heavy atom. The number of aromatic nitrogens is 1. The van der Waals surface area contributed by atoms with Gasteiger partial charge in [0, 0.05) is 77.9 Å². The zero-order chi connectivity index (χ0) is 49.2. The number of benzene rings is 3. The Kier molecular flexibility index (Phi) is 13.9. The van der Waals surface area contributed by atoms with Crippen molar-refractivity contribution in [1.29, 1.82) is 0 Å². The van der Waals surface area contributed by atoms with E-state index in [0.717, 1.165) is 27.6 Å². The number of aromatic hydroxyl groups is 1. The number of amides is 6. The molecule has 0 radical (unpaired) electrons. The summed E-state index contributed by atoms with van der Waals surface area (Å²) in [5.41, 5.74) is 0.577. The third-order valence-electron chi connectivity index (χ3n) is 11.3. The lowest BCUT2D eigenvalue weighted by atomic mass is 9.90. The maximum Gasteiger partial charge on any atom is 0.336 e. The average Bonchev–Trinajstić information content (AvgIpc) is 3.74. The fourth-order valence-electron chi connectivity index (χ4n) is 7.99. The fraction of sp³-hybridized carbons (Fsp3) is 0.304. The highest BCUT2D eigenvalue weighted by molar-refractivity contribution is 8.00. The molecule has 4 atom stereocenters. The topological polar surface area (TPSA) is 283 Å². The summed E-state index contributed by atoms with van der Waals surface area (Å²) in [6.07, 6.45) is -0.374. The quantitative estimate of drug-likeness (QED) is 0.0607. The Hall–Kier alpha value is -7.75. The van der Waals surface area contributed by atoms with Gasteiger partial charge in [-0.05, 0) is 67.9 Å². The number of thioether (sulfide) groups is 1. The molecular weight excluding hydrogens is 915 g/mol. The van der Waals surface area contributed by atoms with Crippen LogP contribution in [0.1, 0.15) is 65.9 Å². The Bertz CT molecular complexity index is 2930. The van der Waals surface area contributed by atoms with Crippen LogP contribution in [0.5, 0.6) is 5.75 Å². The number of imide groups is 1. The van der Waals surface area contributed by atoms with Gasteiger partial charge in [-0.1, -0.05) is 6.07 Å². The van der Waals surface area contributed by atoms with Crippen LogP contribution in [0, 0.1) is 0 Å². The van der Waals surface area contributed by atoms with Gasteiger partial charge >= 0.3 is 11.9 Å². The summed E-state index contributed by atoms with van der Waals surface area (Å²) in [5.74, 6) is -10.5. The Balaban J connectivity index is 0.922. The molecule has 22 heteroatoms. The van der Waals surface area contributed by atoms with Crippen LogP contribution < -0.4 is 26.3 Å². The molecule has 68 heavy (non-hydrogen) atoms. The number of phenols is 1. The van der Waals surface area contributed by atoms with Crippen molar-refractivity contribution in [3.05, 3.63) is 100.0 Å². The molecule has 1 aliphatic carbocycles. The van der Waals surface area contributed by atoms with Gasteiger partial charge in [0.05, 0.1) is 35.3 Å². The zero-order valence-electron chi connectivity index (χ0n) is 36.1. The largest absolute Gasteiger partial charge is 0.508 e. The number of carbonyl (C=O) groups is 8. The molecule has 2 unspecified atom stereocenters. The van der Waals surface area contributed by atoms with Crippen LogP contribution in [-0.4, -0.2) is 114 Å². The molecule has 0 bridgehead atoms. The number of fused-ring (bicyclic) bond motifs is 2. The number of carboxylic acids is 2. The standard InChI is InChI=1S/C46H42F2N6O13S/c1-22-18-46(47,48)21-53(22)42(61)23(2)51-41(60)24-11-12-49-25(13-24)19-50-37(57)9-10-38(58)52-33(45(65)66)20-68-36-17-39(59)54(43(36)62)26-3-6-29(32(14-26)44(63)64)40-30-7-4-27(55)15-34(30)67-35-16-28(56)5-8-31(35)40/h3-8,11-16,22-23,33,36,55H,9-10,17-21H2,1-2H3,(H,50,57)(H,51,60)(H,52,58)(H,63,64)(H,65,66)/t22-,23-,33?,36?/m1/s1. The van der Waals surface area contributed by atoms with Crippen molar-refractivity contribution in [2.75, 3.05) is 17.2 Å². The maximum absolute atomic E-state index is 13.8. The number of halogens is 2. The third-order valence-corrected chi connectivity index (χ3v) is 12.6. The molecule has 1 aromatic heterocycles. The van der Waals surface area contributed by atoms with E-state index >= 15 is 0 Å².